The van der Waals surface area contributed by atoms with Gasteiger partial charge >= 0.3 is 0 Å². The molecule has 1 aliphatic heterocycles. The molecule has 2 aromatic carbocycles. The molecular weight excluding hydrogens is 482 g/mol. The summed E-state index contributed by atoms with van der Waals surface area (Å²) >= 11 is 0. The van der Waals surface area contributed by atoms with Crippen molar-refractivity contribution in [2.24, 2.45) is 0 Å². The van der Waals surface area contributed by atoms with Gasteiger partial charge in [-0.3, -0.25) is 9.69 Å². The molecule has 3 aromatic rings. The second kappa shape index (κ2) is 11.2. The number of carbonyl (C=O) groups excluding carboxylic acids is 1. The predicted octanol–water partition coefficient (Wildman–Crippen LogP) is 5.64. The molecule has 8 nitrogen and oxygen atoms in total. The summed E-state index contributed by atoms with van der Waals surface area (Å²) in [7, 11) is 0. The summed E-state index contributed by atoms with van der Waals surface area (Å²) in [5.74, 6) is -0.0764. The first kappa shape index (κ1) is 27.7. The van der Waals surface area contributed by atoms with Crippen molar-refractivity contribution in [3.8, 4) is 33.9 Å². The standard InChI is InChI=1S/C30H39N3O5/c1-7-33(30(4,5)6)29(36)27-26(21-10-8-20(9-11-21)18-32-12-14-37-15-13-32)28(38-31-27)23-16-22(19(2)3)24(34)17-25(23)35/h8-11,16-17,19,34-35H,7,12-15,18H2,1-6H3. The summed E-state index contributed by atoms with van der Waals surface area (Å²) in [4.78, 5) is 17.9. The Hall–Kier alpha value is -3.36. The van der Waals surface area contributed by atoms with Gasteiger partial charge < -0.3 is 24.4 Å². The van der Waals surface area contributed by atoms with Gasteiger partial charge in [-0.15, -0.1) is 0 Å². The molecule has 2 heterocycles. The van der Waals surface area contributed by atoms with Crippen molar-refractivity contribution in [3.63, 3.8) is 0 Å². The highest BCUT2D eigenvalue weighted by Crippen LogP contribution is 2.43. The Labute approximate surface area is 224 Å². The summed E-state index contributed by atoms with van der Waals surface area (Å²) in [5.41, 5.74) is 3.25. The molecule has 0 bridgehead atoms. The Kier molecular flexibility index (Phi) is 8.13. The molecule has 1 aliphatic rings. The summed E-state index contributed by atoms with van der Waals surface area (Å²) in [6, 6.07) is 11.1. The van der Waals surface area contributed by atoms with Crippen LogP contribution in [0.1, 0.15) is 69.1 Å². The Morgan fingerprint density at radius 2 is 1.74 bits per heavy atom. The van der Waals surface area contributed by atoms with Crippen LogP contribution >= 0.6 is 0 Å². The summed E-state index contributed by atoms with van der Waals surface area (Å²) in [5, 5.41) is 25.5. The van der Waals surface area contributed by atoms with Gasteiger partial charge in [-0.2, -0.15) is 0 Å². The zero-order chi connectivity index (χ0) is 27.6. The number of amides is 1. The largest absolute Gasteiger partial charge is 0.508 e. The second-order valence-corrected chi connectivity index (χ2v) is 11.1. The lowest BCUT2D eigenvalue weighted by Crippen LogP contribution is -2.45. The molecule has 0 saturated carbocycles. The molecule has 204 valence electrons. The number of morpholine rings is 1. The molecule has 1 fully saturated rings. The lowest BCUT2D eigenvalue weighted by Gasteiger charge is -2.34. The van der Waals surface area contributed by atoms with E-state index >= 15 is 0 Å². The van der Waals surface area contributed by atoms with E-state index in [-0.39, 0.29) is 29.0 Å². The van der Waals surface area contributed by atoms with Crippen molar-refractivity contribution in [2.75, 3.05) is 32.8 Å². The van der Waals surface area contributed by atoms with Crippen LogP contribution in [0.5, 0.6) is 11.5 Å². The lowest BCUT2D eigenvalue weighted by atomic mass is 9.93. The van der Waals surface area contributed by atoms with Gasteiger partial charge in [0, 0.05) is 37.8 Å². The highest BCUT2D eigenvalue weighted by atomic mass is 16.5. The Morgan fingerprint density at radius 3 is 2.32 bits per heavy atom. The minimum atomic E-state index is -0.421. The summed E-state index contributed by atoms with van der Waals surface area (Å²) in [6.45, 7) is 16.4. The molecule has 0 unspecified atom stereocenters. The first-order chi connectivity index (χ1) is 18.0. The van der Waals surface area contributed by atoms with Gasteiger partial charge in [0.2, 0.25) is 0 Å². The van der Waals surface area contributed by atoms with Crippen LogP contribution < -0.4 is 0 Å². The number of hydrogen-bond acceptors (Lipinski definition) is 7. The SMILES string of the molecule is CCN(C(=O)c1noc(-c2cc(C(C)C)c(O)cc2O)c1-c1ccc(CN2CCOCC2)cc1)C(C)(C)C. The molecule has 0 aliphatic carbocycles. The van der Waals surface area contributed by atoms with Gasteiger partial charge in [-0.1, -0.05) is 43.3 Å². The Bertz CT molecular complexity index is 1270. The van der Waals surface area contributed by atoms with Gasteiger partial charge in [0.15, 0.2) is 11.5 Å². The molecular formula is C30H39N3O5. The average Bonchev–Trinajstić information content (AvgIpc) is 3.29. The molecule has 1 saturated heterocycles. The number of benzene rings is 2. The van der Waals surface area contributed by atoms with E-state index in [1.165, 1.54) is 6.07 Å². The predicted molar refractivity (Wildman–Crippen MR) is 147 cm³/mol. The van der Waals surface area contributed by atoms with Gasteiger partial charge in [-0.25, -0.2) is 0 Å². The molecule has 0 spiro atoms. The minimum Gasteiger partial charge on any atom is -0.508 e. The molecule has 1 aromatic heterocycles. The van der Waals surface area contributed by atoms with Gasteiger partial charge in [0.25, 0.3) is 5.91 Å². The van der Waals surface area contributed by atoms with Crippen molar-refractivity contribution in [1.82, 2.24) is 15.0 Å². The monoisotopic (exact) mass is 521 g/mol. The maximum atomic E-state index is 13.8. The third-order valence-corrected chi connectivity index (χ3v) is 7.03. The number of carbonyl (C=O) groups is 1. The van der Waals surface area contributed by atoms with E-state index in [2.05, 4.69) is 10.1 Å². The zero-order valence-electron chi connectivity index (χ0n) is 23.2. The topological polar surface area (TPSA) is 99.3 Å². The Morgan fingerprint density at radius 1 is 1.08 bits per heavy atom. The molecule has 0 radical (unpaired) electrons. The molecule has 0 atom stereocenters. The number of ether oxygens (including phenoxy) is 1. The third-order valence-electron chi connectivity index (χ3n) is 7.03. The smallest absolute Gasteiger partial charge is 0.277 e. The van der Waals surface area contributed by atoms with Crippen molar-refractivity contribution in [1.29, 1.82) is 0 Å². The zero-order valence-corrected chi connectivity index (χ0v) is 23.2. The quantitative estimate of drug-likeness (QED) is 0.415. The van der Waals surface area contributed by atoms with E-state index in [1.807, 2.05) is 65.8 Å². The van der Waals surface area contributed by atoms with Crippen LogP contribution in [0.25, 0.3) is 22.5 Å². The highest BCUT2D eigenvalue weighted by molar-refractivity contribution is 6.03. The van der Waals surface area contributed by atoms with Crippen LogP contribution in [0.2, 0.25) is 0 Å². The van der Waals surface area contributed by atoms with E-state index in [0.717, 1.165) is 44.0 Å². The number of aromatic hydroxyl groups is 2. The fourth-order valence-electron chi connectivity index (χ4n) is 4.97. The van der Waals surface area contributed by atoms with Gasteiger partial charge in [-0.05, 0) is 56.4 Å². The van der Waals surface area contributed by atoms with E-state index < -0.39 is 5.54 Å². The van der Waals surface area contributed by atoms with Crippen molar-refractivity contribution in [3.05, 3.63) is 53.2 Å². The number of phenolic OH excluding ortho intramolecular Hbond substituents is 2. The number of rotatable bonds is 7. The van der Waals surface area contributed by atoms with E-state index in [9.17, 15) is 15.0 Å². The maximum absolute atomic E-state index is 13.8. The normalized spacial score (nSPS) is 14.7. The number of phenols is 2. The molecule has 38 heavy (non-hydrogen) atoms. The average molecular weight is 522 g/mol. The van der Waals surface area contributed by atoms with Crippen molar-refractivity contribution in [2.45, 2.75) is 59.5 Å². The highest BCUT2D eigenvalue weighted by Gasteiger charge is 2.33. The van der Waals surface area contributed by atoms with Crippen LogP contribution in [-0.2, 0) is 11.3 Å². The fourth-order valence-corrected chi connectivity index (χ4v) is 4.97. The fraction of sp³-hybridized carbons (Fsp3) is 0.467. The molecule has 1 amide bonds. The van der Waals surface area contributed by atoms with Gasteiger partial charge in [0.1, 0.15) is 11.5 Å². The first-order valence-corrected chi connectivity index (χ1v) is 13.3. The van der Waals surface area contributed by atoms with Crippen LogP contribution in [0.4, 0.5) is 0 Å². The Balaban J connectivity index is 1.82. The second-order valence-electron chi connectivity index (χ2n) is 11.1. The third kappa shape index (κ3) is 5.71. The van der Waals surface area contributed by atoms with Crippen LogP contribution in [0.15, 0.2) is 40.9 Å². The molecule has 8 heteroatoms. The van der Waals surface area contributed by atoms with E-state index in [0.29, 0.717) is 29.0 Å². The number of aromatic nitrogens is 1. The van der Waals surface area contributed by atoms with Crippen molar-refractivity contribution < 1.29 is 24.3 Å². The minimum absolute atomic E-state index is 0.0102. The van der Waals surface area contributed by atoms with E-state index in [1.54, 1.807) is 11.0 Å². The van der Waals surface area contributed by atoms with Gasteiger partial charge in [0.05, 0.1) is 24.3 Å². The lowest BCUT2D eigenvalue weighted by molar-refractivity contribution is 0.0342. The number of hydrogen-bond donors (Lipinski definition) is 2. The van der Waals surface area contributed by atoms with E-state index in [4.69, 9.17) is 9.26 Å². The van der Waals surface area contributed by atoms with Crippen LogP contribution in [0, 0.1) is 0 Å². The molecule has 4 rings (SSSR count). The summed E-state index contributed by atoms with van der Waals surface area (Å²) in [6.07, 6.45) is 0. The first-order valence-electron chi connectivity index (χ1n) is 13.3. The number of nitrogens with zero attached hydrogens (tertiary/aromatic N) is 3. The maximum Gasteiger partial charge on any atom is 0.277 e. The van der Waals surface area contributed by atoms with Crippen molar-refractivity contribution >= 4 is 5.91 Å². The van der Waals surface area contributed by atoms with Crippen LogP contribution in [0.3, 0.4) is 0 Å². The van der Waals surface area contributed by atoms with Crippen LogP contribution in [-0.4, -0.2) is 69.5 Å². The summed E-state index contributed by atoms with van der Waals surface area (Å²) < 4.78 is 11.3. The molecule has 2 N–H and O–H groups in total.